The Hall–Kier alpha value is -1.14. The number of esters is 1. The van der Waals surface area contributed by atoms with Gasteiger partial charge in [0.2, 0.25) is 5.91 Å². The molecule has 82 valence electrons. The van der Waals surface area contributed by atoms with E-state index in [2.05, 4.69) is 10.1 Å². The Kier molecular flexibility index (Phi) is 5.82. The topological polar surface area (TPSA) is 102 Å². The van der Waals surface area contributed by atoms with Crippen LogP contribution in [-0.4, -0.2) is 43.3 Å². The van der Waals surface area contributed by atoms with Crippen LogP contribution in [0.3, 0.4) is 0 Å². The standard InChI is InChI=1S/C8H16N2O4/c1-5(8(13)14-2)3-10-4-6(11)7(9)12/h5-6,10-11H,3-4H2,1-2H3,(H2,9,12). The van der Waals surface area contributed by atoms with Gasteiger partial charge in [-0.05, 0) is 0 Å². The molecule has 0 radical (unpaired) electrons. The summed E-state index contributed by atoms with van der Waals surface area (Å²) in [7, 11) is 1.30. The fourth-order valence-electron chi connectivity index (χ4n) is 0.822. The van der Waals surface area contributed by atoms with Crippen LogP contribution >= 0.6 is 0 Å². The first-order valence-corrected chi connectivity index (χ1v) is 4.25. The molecule has 2 atom stereocenters. The summed E-state index contributed by atoms with van der Waals surface area (Å²) in [6.07, 6.45) is -1.22. The van der Waals surface area contributed by atoms with E-state index in [0.29, 0.717) is 6.54 Å². The van der Waals surface area contributed by atoms with E-state index in [4.69, 9.17) is 10.8 Å². The highest BCUT2D eigenvalue weighted by Gasteiger charge is 2.14. The van der Waals surface area contributed by atoms with E-state index in [9.17, 15) is 9.59 Å². The highest BCUT2D eigenvalue weighted by molar-refractivity contribution is 5.78. The maximum absolute atomic E-state index is 10.9. The molecule has 0 rings (SSSR count). The molecule has 0 saturated heterocycles. The fourth-order valence-corrected chi connectivity index (χ4v) is 0.822. The Bertz CT molecular complexity index is 208. The lowest BCUT2D eigenvalue weighted by molar-refractivity contribution is -0.144. The van der Waals surface area contributed by atoms with Gasteiger partial charge in [0.25, 0.3) is 0 Å². The van der Waals surface area contributed by atoms with Gasteiger partial charge in [-0.25, -0.2) is 0 Å². The Labute approximate surface area is 82.4 Å². The monoisotopic (exact) mass is 204 g/mol. The number of hydrogen-bond acceptors (Lipinski definition) is 5. The van der Waals surface area contributed by atoms with Gasteiger partial charge in [0.05, 0.1) is 13.0 Å². The Morgan fingerprint density at radius 3 is 2.50 bits per heavy atom. The third-order valence-electron chi connectivity index (χ3n) is 1.72. The van der Waals surface area contributed by atoms with Gasteiger partial charge in [0, 0.05) is 13.1 Å². The zero-order valence-corrected chi connectivity index (χ0v) is 8.32. The first-order valence-electron chi connectivity index (χ1n) is 4.25. The van der Waals surface area contributed by atoms with E-state index < -0.39 is 12.0 Å². The molecule has 0 aliphatic rings. The second kappa shape index (κ2) is 6.33. The molecule has 0 saturated carbocycles. The zero-order valence-electron chi connectivity index (χ0n) is 8.32. The summed E-state index contributed by atoms with van der Waals surface area (Å²) in [5.41, 5.74) is 4.82. The maximum Gasteiger partial charge on any atom is 0.309 e. The van der Waals surface area contributed by atoms with Crippen molar-refractivity contribution in [2.24, 2.45) is 11.7 Å². The lowest BCUT2D eigenvalue weighted by atomic mass is 10.2. The Morgan fingerprint density at radius 1 is 1.50 bits per heavy atom. The van der Waals surface area contributed by atoms with Gasteiger partial charge in [-0.3, -0.25) is 9.59 Å². The van der Waals surface area contributed by atoms with Crippen LogP contribution in [0.25, 0.3) is 0 Å². The molecule has 0 bridgehead atoms. The fraction of sp³-hybridized carbons (Fsp3) is 0.750. The molecule has 0 spiro atoms. The molecular formula is C8H16N2O4. The van der Waals surface area contributed by atoms with Gasteiger partial charge in [-0.2, -0.15) is 0 Å². The Morgan fingerprint density at radius 2 is 2.07 bits per heavy atom. The normalized spacial score (nSPS) is 14.5. The van der Waals surface area contributed by atoms with Crippen LogP contribution in [0.2, 0.25) is 0 Å². The summed E-state index contributed by atoms with van der Waals surface area (Å²) < 4.78 is 4.48. The number of carbonyl (C=O) groups is 2. The summed E-state index contributed by atoms with van der Waals surface area (Å²) in [5, 5.41) is 11.7. The lowest BCUT2D eigenvalue weighted by Gasteiger charge is -2.11. The molecular weight excluding hydrogens is 188 g/mol. The first-order chi connectivity index (χ1) is 6.49. The van der Waals surface area contributed by atoms with Crippen molar-refractivity contribution < 1.29 is 19.4 Å². The van der Waals surface area contributed by atoms with Crippen molar-refractivity contribution in [3.05, 3.63) is 0 Å². The number of nitrogens with one attached hydrogen (secondary N) is 1. The second-order valence-electron chi connectivity index (χ2n) is 3.00. The highest BCUT2D eigenvalue weighted by Crippen LogP contribution is 1.94. The number of aliphatic hydroxyl groups is 1. The molecule has 0 aromatic carbocycles. The van der Waals surface area contributed by atoms with Crippen molar-refractivity contribution in [2.75, 3.05) is 20.2 Å². The minimum Gasteiger partial charge on any atom is -0.469 e. The molecule has 2 unspecified atom stereocenters. The van der Waals surface area contributed by atoms with Crippen LogP contribution in [-0.2, 0) is 14.3 Å². The number of rotatable bonds is 6. The van der Waals surface area contributed by atoms with Crippen molar-refractivity contribution in [3.63, 3.8) is 0 Å². The summed E-state index contributed by atoms with van der Waals surface area (Å²) in [5.74, 6) is -1.45. The predicted octanol–water partition coefficient (Wildman–Crippen LogP) is -1.77. The predicted molar refractivity (Wildman–Crippen MR) is 49.3 cm³/mol. The summed E-state index contributed by atoms with van der Waals surface area (Å²) in [6, 6.07) is 0. The van der Waals surface area contributed by atoms with E-state index in [1.165, 1.54) is 7.11 Å². The number of nitrogens with two attached hydrogens (primary N) is 1. The zero-order chi connectivity index (χ0) is 11.1. The first kappa shape index (κ1) is 12.9. The number of methoxy groups -OCH3 is 1. The summed E-state index contributed by atoms with van der Waals surface area (Å²) in [6.45, 7) is 2.04. The molecule has 0 aromatic heterocycles. The molecule has 4 N–H and O–H groups in total. The third kappa shape index (κ3) is 4.78. The average Bonchev–Trinajstić information content (AvgIpc) is 2.15. The average molecular weight is 204 g/mol. The molecule has 6 heteroatoms. The number of aliphatic hydroxyl groups excluding tert-OH is 1. The number of ether oxygens (including phenoxy) is 1. The molecule has 0 heterocycles. The molecule has 0 aromatic rings. The van der Waals surface area contributed by atoms with Crippen molar-refractivity contribution in [3.8, 4) is 0 Å². The molecule has 0 aliphatic heterocycles. The van der Waals surface area contributed by atoms with Crippen LogP contribution in [0, 0.1) is 5.92 Å². The number of hydrogen-bond donors (Lipinski definition) is 3. The van der Waals surface area contributed by atoms with Crippen LogP contribution in [0.4, 0.5) is 0 Å². The highest BCUT2D eigenvalue weighted by atomic mass is 16.5. The second-order valence-corrected chi connectivity index (χ2v) is 3.00. The molecule has 14 heavy (non-hydrogen) atoms. The van der Waals surface area contributed by atoms with E-state index in [-0.39, 0.29) is 18.4 Å². The van der Waals surface area contributed by atoms with E-state index >= 15 is 0 Å². The minimum absolute atomic E-state index is 0.0384. The van der Waals surface area contributed by atoms with Crippen molar-refractivity contribution >= 4 is 11.9 Å². The van der Waals surface area contributed by atoms with Crippen LogP contribution in [0.1, 0.15) is 6.92 Å². The van der Waals surface area contributed by atoms with Crippen LogP contribution in [0.5, 0.6) is 0 Å². The van der Waals surface area contributed by atoms with Gasteiger partial charge in [-0.1, -0.05) is 6.92 Å². The SMILES string of the molecule is COC(=O)C(C)CNCC(O)C(N)=O. The lowest BCUT2D eigenvalue weighted by Crippen LogP contribution is -2.39. The van der Waals surface area contributed by atoms with Gasteiger partial charge < -0.3 is 20.9 Å². The number of amides is 1. The minimum atomic E-state index is -1.22. The molecule has 0 fully saturated rings. The van der Waals surface area contributed by atoms with Crippen LogP contribution in [0.15, 0.2) is 0 Å². The van der Waals surface area contributed by atoms with E-state index in [1.807, 2.05) is 0 Å². The third-order valence-corrected chi connectivity index (χ3v) is 1.72. The van der Waals surface area contributed by atoms with Gasteiger partial charge >= 0.3 is 5.97 Å². The van der Waals surface area contributed by atoms with E-state index in [1.54, 1.807) is 6.92 Å². The summed E-state index contributed by atoms with van der Waals surface area (Å²) >= 11 is 0. The van der Waals surface area contributed by atoms with Crippen molar-refractivity contribution in [1.82, 2.24) is 5.32 Å². The maximum atomic E-state index is 10.9. The van der Waals surface area contributed by atoms with Crippen LogP contribution < -0.4 is 11.1 Å². The van der Waals surface area contributed by atoms with Gasteiger partial charge in [0.1, 0.15) is 6.10 Å². The molecule has 6 nitrogen and oxygen atoms in total. The van der Waals surface area contributed by atoms with Gasteiger partial charge in [0.15, 0.2) is 0 Å². The largest absolute Gasteiger partial charge is 0.469 e. The Balaban J connectivity index is 3.64. The van der Waals surface area contributed by atoms with Crippen molar-refractivity contribution in [2.45, 2.75) is 13.0 Å². The summed E-state index contributed by atoms with van der Waals surface area (Å²) in [4.78, 5) is 21.3. The quantitative estimate of drug-likeness (QED) is 0.444. The number of carbonyl (C=O) groups excluding carboxylic acids is 2. The molecule has 1 amide bonds. The van der Waals surface area contributed by atoms with E-state index in [0.717, 1.165) is 0 Å². The number of primary amides is 1. The van der Waals surface area contributed by atoms with Gasteiger partial charge in [-0.15, -0.1) is 0 Å². The smallest absolute Gasteiger partial charge is 0.309 e. The van der Waals surface area contributed by atoms with Crippen molar-refractivity contribution in [1.29, 1.82) is 0 Å². The molecule has 0 aliphatic carbocycles.